The summed E-state index contributed by atoms with van der Waals surface area (Å²) in [6.07, 6.45) is 1.43. The van der Waals surface area contributed by atoms with Gasteiger partial charge in [0, 0.05) is 6.07 Å². The van der Waals surface area contributed by atoms with E-state index in [-0.39, 0.29) is 17.2 Å². The molecule has 0 amide bonds. The highest BCUT2D eigenvalue weighted by Crippen LogP contribution is 2.36. The molecule has 8 heteroatoms. The SMILES string of the molecule is COc1ccc(OC)c(C2=Cc3oc4ccccc4[n+]3[B-](F)(F)O2)c1. The average molecular weight is 345 g/mol. The molecule has 0 radical (unpaired) electrons. The molecule has 5 nitrogen and oxygen atoms in total. The van der Waals surface area contributed by atoms with Crippen LogP contribution in [0.3, 0.4) is 0 Å². The van der Waals surface area contributed by atoms with E-state index in [4.69, 9.17) is 18.5 Å². The van der Waals surface area contributed by atoms with E-state index in [1.807, 2.05) is 0 Å². The van der Waals surface area contributed by atoms with Crippen LogP contribution < -0.4 is 14.0 Å². The van der Waals surface area contributed by atoms with Gasteiger partial charge in [0.25, 0.3) is 0 Å². The topological polar surface area (TPSA) is 44.7 Å². The maximum absolute atomic E-state index is 14.7. The number of methoxy groups -OCH3 is 2. The lowest BCUT2D eigenvalue weighted by Crippen LogP contribution is -2.62. The maximum Gasteiger partial charge on any atom is 0.837 e. The van der Waals surface area contributed by atoms with Gasteiger partial charge in [0.1, 0.15) is 11.5 Å². The summed E-state index contributed by atoms with van der Waals surface area (Å²) in [5.41, 5.74) is 0.989. The Bertz CT molecular complexity index is 999. The van der Waals surface area contributed by atoms with Crippen molar-refractivity contribution in [2.45, 2.75) is 0 Å². The van der Waals surface area contributed by atoms with Crippen LogP contribution in [0.1, 0.15) is 11.5 Å². The first-order valence-electron chi connectivity index (χ1n) is 7.61. The molecule has 4 rings (SSSR count). The highest BCUT2D eigenvalue weighted by molar-refractivity contribution is 6.51. The van der Waals surface area contributed by atoms with Crippen LogP contribution in [0.25, 0.3) is 22.9 Å². The van der Waals surface area contributed by atoms with Gasteiger partial charge in [-0.3, -0.25) is 4.48 Å². The quantitative estimate of drug-likeness (QED) is 0.682. The standard InChI is InChI=1S/C17H14BF2NO4/c1-22-11-7-8-14(23-2)12(9-11)16-10-17-21(18(19,20)25-16)13-5-3-4-6-15(13)24-17/h3-10H,1-2H3. The third-order valence-electron chi connectivity index (χ3n) is 4.07. The van der Waals surface area contributed by atoms with Gasteiger partial charge in [-0.05, 0) is 24.3 Å². The summed E-state index contributed by atoms with van der Waals surface area (Å²) < 4.78 is 51.3. The number of benzene rings is 2. The second-order valence-electron chi connectivity index (χ2n) is 5.53. The summed E-state index contributed by atoms with van der Waals surface area (Å²) in [5, 5.41) is 0. The summed E-state index contributed by atoms with van der Waals surface area (Å²) >= 11 is 0. The number of oxazole rings is 1. The minimum atomic E-state index is -4.36. The van der Waals surface area contributed by atoms with Gasteiger partial charge in [-0.25, -0.2) is 0 Å². The first kappa shape index (κ1) is 15.5. The molecule has 3 aromatic rings. The Morgan fingerprint density at radius 1 is 1.04 bits per heavy atom. The third kappa shape index (κ3) is 2.41. The lowest BCUT2D eigenvalue weighted by Gasteiger charge is -2.26. The van der Waals surface area contributed by atoms with Gasteiger partial charge < -0.3 is 27.2 Å². The van der Waals surface area contributed by atoms with Crippen molar-refractivity contribution in [1.82, 2.24) is 0 Å². The number of fused-ring (bicyclic) bond motifs is 3. The second kappa shape index (κ2) is 5.51. The number of hydrogen-bond acceptors (Lipinski definition) is 4. The van der Waals surface area contributed by atoms with Crippen LogP contribution >= 0.6 is 0 Å². The van der Waals surface area contributed by atoms with Crippen molar-refractivity contribution < 1.29 is 31.7 Å². The molecule has 0 saturated heterocycles. The molecule has 0 atom stereocenters. The number of aromatic nitrogens is 1. The van der Waals surface area contributed by atoms with Gasteiger partial charge in [-0.2, -0.15) is 0 Å². The number of rotatable bonds is 3. The molecule has 0 N–H and O–H groups in total. The maximum atomic E-state index is 14.7. The fourth-order valence-corrected chi connectivity index (χ4v) is 2.93. The molecule has 2 heterocycles. The zero-order valence-electron chi connectivity index (χ0n) is 13.5. The second-order valence-corrected chi connectivity index (χ2v) is 5.53. The molecule has 0 saturated carbocycles. The van der Waals surface area contributed by atoms with Gasteiger partial charge in [0.15, 0.2) is 5.58 Å². The van der Waals surface area contributed by atoms with E-state index < -0.39 is 7.04 Å². The summed E-state index contributed by atoms with van der Waals surface area (Å²) in [4.78, 5) is 0. The Kier molecular flexibility index (Phi) is 3.42. The predicted octanol–water partition coefficient (Wildman–Crippen LogP) is 3.49. The molecule has 25 heavy (non-hydrogen) atoms. The Balaban J connectivity index is 1.94. The Morgan fingerprint density at radius 3 is 2.60 bits per heavy atom. The molecule has 1 aliphatic heterocycles. The molecule has 1 aromatic heterocycles. The van der Waals surface area contributed by atoms with Crippen molar-refractivity contribution in [2.24, 2.45) is 0 Å². The Morgan fingerprint density at radius 2 is 1.84 bits per heavy atom. The van der Waals surface area contributed by atoms with E-state index >= 15 is 0 Å². The fourth-order valence-electron chi connectivity index (χ4n) is 2.93. The average Bonchev–Trinajstić information content (AvgIpc) is 2.99. The Labute approximate surface area is 142 Å². The summed E-state index contributed by atoms with van der Waals surface area (Å²) in [5.74, 6) is 0.861. The summed E-state index contributed by atoms with van der Waals surface area (Å²) in [6, 6.07) is 11.5. The lowest BCUT2D eigenvalue weighted by atomic mass is 9.99. The number of ether oxygens (including phenoxy) is 2. The zero-order valence-corrected chi connectivity index (χ0v) is 13.5. The van der Waals surface area contributed by atoms with Gasteiger partial charge in [0.2, 0.25) is 5.52 Å². The van der Waals surface area contributed by atoms with Crippen LogP contribution in [0, 0.1) is 0 Å². The summed E-state index contributed by atoms with van der Waals surface area (Å²) in [6.45, 7) is 0. The van der Waals surface area contributed by atoms with Gasteiger partial charge >= 0.3 is 12.9 Å². The van der Waals surface area contributed by atoms with Crippen LogP contribution in [0.2, 0.25) is 0 Å². The normalized spacial score (nSPS) is 15.3. The first-order valence-corrected chi connectivity index (χ1v) is 7.61. The molecule has 1 aliphatic rings. The van der Waals surface area contributed by atoms with Crippen molar-refractivity contribution in [3.63, 3.8) is 0 Å². The van der Waals surface area contributed by atoms with Crippen LogP contribution in [0.5, 0.6) is 11.5 Å². The minimum absolute atomic E-state index is 0.0114. The molecule has 2 aromatic carbocycles. The van der Waals surface area contributed by atoms with E-state index in [1.54, 1.807) is 42.5 Å². The lowest BCUT2D eigenvalue weighted by molar-refractivity contribution is -0.562. The fraction of sp³-hybridized carbons (Fsp3) is 0.118. The highest BCUT2D eigenvalue weighted by Gasteiger charge is 2.53. The van der Waals surface area contributed by atoms with Crippen LogP contribution in [0.15, 0.2) is 46.9 Å². The zero-order chi connectivity index (χ0) is 17.6. The molecule has 0 bridgehead atoms. The van der Waals surface area contributed by atoms with E-state index in [0.717, 1.165) is 4.48 Å². The number of para-hydroxylation sites is 2. The molecular weight excluding hydrogens is 331 g/mol. The van der Waals surface area contributed by atoms with Crippen LogP contribution in [-0.4, -0.2) is 21.3 Å². The third-order valence-corrected chi connectivity index (χ3v) is 4.07. The minimum Gasteiger partial charge on any atom is -0.599 e. The molecule has 0 spiro atoms. The molecule has 0 aliphatic carbocycles. The Hall–Kier alpha value is -3.03. The number of nitrogens with zero attached hydrogens (tertiary/aromatic N) is 1. The van der Waals surface area contributed by atoms with Crippen molar-refractivity contribution in [2.75, 3.05) is 14.2 Å². The van der Waals surface area contributed by atoms with Crippen molar-refractivity contribution in [3.05, 3.63) is 53.9 Å². The molecule has 0 unspecified atom stereocenters. The predicted molar refractivity (Wildman–Crippen MR) is 88.3 cm³/mol. The van der Waals surface area contributed by atoms with Crippen LogP contribution in [-0.2, 0) is 4.65 Å². The van der Waals surface area contributed by atoms with Gasteiger partial charge in [-0.15, -0.1) is 0 Å². The first-order chi connectivity index (χ1) is 12.0. The van der Waals surface area contributed by atoms with E-state index in [0.29, 0.717) is 22.6 Å². The number of halogens is 2. The van der Waals surface area contributed by atoms with E-state index in [1.165, 1.54) is 20.3 Å². The van der Waals surface area contributed by atoms with Crippen LogP contribution in [0.4, 0.5) is 8.63 Å². The smallest absolute Gasteiger partial charge is 0.599 e. The van der Waals surface area contributed by atoms with Gasteiger partial charge in [0.05, 0.1) is 31.6 Å². The highest BCUT2D eigenvalue weighted by atomic mass is 19.3. The van der Waals surface area contributed by atoms with Gasteiger partial charge in [-0.1, -0.05) is 12.1 Å². The van der Waals surface area contributed by atoms with Crippen molar-refractivity contribution in [1.29, 1.82) is 0 Å². The van der Waals surface area contributed by atoms with E-state index in [2.05, 4.69) is 0 Å². The van der Waals surface area contributed by atoms with Crippen molar-refractivity contribution in [3.8, 4) is 11.5 Å². The molecular formula is C17H14BF2NO4. The number of hydrogen-bond donors (Lipinski definition) is 0. The van der Waals surface area contributed by atoms with Crippen molar-refractivity contribution >= 4 is 30.0 Å². The summed E-state index contributed by atoms with van der Waals surface area (Å²) in [7, 11) is -1.41. The monoisotopic (exact) mass is 345 g/mol. The van der Waals surface area contributed by atoms with E-state index in [9.17, 15) is 8.63 Å². The largest absolute Gasteiger partial charge is 0.837 e. The molecule has 128 valence electrons. The molecule has 0 fully saturated rings.